The Morgan fingerprint density at radius 2 is 1.80 bits per heavy atom. The molecular weight excluding hydrogens is 321 g/mol. The van der Waals surface area contributed by atoms with Crippen molar-refractivity contribution in [3.63, 3.8) is 0 Å². The van der Waals surface area contributed by atoms with Crippen LogP contribution >= 0.6 is 23.2 Å². The van der Waals surface area contributed by atoms with Crippen molar-refractivity contribution in [3.8, 4) is 5.75 Å². The number of methoxy groups -OCH3 is 1. The van der Waals surface area contributed by atoms with E-state index in [1.54, 1.807) is 7.05 Å². The largest absolute Gasteiger partial charge is 0.495 e. The molecule has 112 valence electrons. The molecule has 0 bridgehead atoms. The molecule has 0 amide bonds. The lowest BCUT2D eigenvalue weighted by Crippen LogP contribution is -2.35. The first-order valence-electron chi connectivity index (χ1n) is 6.39. The topological polar surface area (TPSA) is 46.6 Å². The molecule has 0 atom stereocenters. The molecule has 1 aliphatic carbocycles. The number of nitrogens with zero attached hydrogens (tertiary/aromatic N) is 1. The Morgan fingerprint density at radius 1 is 1.20 bits per heavy atom. The van der Waals surface area contributed by atoms with Crippen molar-refractivity contribution in [2.45, 2.75) is 36.6 Å². The van der Waals surface area contributed by atoms with Crippen molar-refractivity contribution >= 4 is 33.2 Å². The van der Waals surface area contributed by atoms with Gasteiger partial charge in [0.15, 0.2) is 0 Å². The predicted molar refractivity (Wildman–Crippen MR) is 80.2 cm³/mol. The standard InChI is InChI=1S/C13H17Cl2NO3S/c1-16(9-5-3-4-6-9)20(17,18)11-8-7-10(19-2)12(14)13(11)15/h7-9H,3-6H2,1-2H3. The molecule has 1 fully saturated rings. The maximum absolute atomic E-state index is 12.6. The molecule has 1 aliphatic rings. The highest BCUT2D eigenvalue weighted by molar-refractivity contribution is 7.89. The Labute approximate surface area is 129 Å². The Kier molecular flexibility index (Phi) is 4.84. The van der Waals surface area contributed by atoms with Gasteiger partial charge in [0.1, 0.15) is 15.7 Å². The van der Waals surface area contributed by atoms with Gasteiger partial charge in [0.05, 0.1) is 12.1 Å². The van der Waals surface area contributed by atoms with Gasteiger partial charge in [-0.05, 0) is 25.0 Å². The fourth-order valence-corrected chi connectivity index (χ4v) is 4.72. The average molecular weight is 338 g/mol. The smallest absolute Gasteiger partial charge is 0.244 e. The second-order valence-corrected chi connectivity index (χ2v) is 7.58. The van der Waals surface area contributed by atoms with Crippen LogP contribution in [0.1, 0.15) is 25.7 Å². The molecule has 0 aromatic heterocycles. The van der Waals surface area contributed by atoms with E-state index in [4.69, 9.17) is 27.9 Å². The summed E-state index contributed by atoms with van der Waals surface area (Å²) in [6, 6.07) is 2.99. The van der Waals surface area contributed by atoms with Crippen molar-refractivity contribution < 1.29 is 13.2 Å². The minimum atomic E-state index is -3.64. The van der Waals surface area contributed by atoms with E-state index in [0.717, 1.165) is 25.7 Å². The quantitative estimate of drug-likeness (QED) is 0.843. The molecule has 0 unspecified atom stereocenters. The first kappa shape index (κ1) is 15.9. The van der Waals surface area contributed by atoms with E-state index in [-0.39, 0.29) is 21.0 Å². The average Bonchev–Trinajstić information content (AvgIpc) is 2.94. The van der Waals surface area contributed by atoms with E-state index >= 15 is 0 Å². The Hall–Kier alpha value is -0.490. The van der Waals surface area contributed by atoms with Crippen LogP contribution in [-0.2, 0) is 10.0 Å². The highest BCUT2D eigenvalue weighted by Gasteiger charge is 2.32. The van der Waals surface area contributed by atoms with Gasteiger partial charge in [0.25, 0.3) is 0 Å². The van der Waals surface area contributed by atoms with Crippen molar-refractivity contribution in [3.05, 3.63) is 22.2 Å². The van der Waals surface area contributed by atoms with E-state index < -0.39 is 10.0 Å². The maximum Gasteiger partial charge on any atom is 0.244 e. The molecule has 7 heteroatoms. The third-order valence-corrected chi connectivity index (χ3v) is 6.66. The molecule has 0 radical (unpaired) electrons. The summed E-state index contributed by atoms with van der Waals surface area (Å²) in [6.07, 6.45) is 3.89. The lowest BCUT2D eigenvalue weighted by Gasteiger charge is -2.24. The zero-order chi connectivity index (χ0) is 14.9. The lowest BCUT2D eigenvalue weighted by molar-refractivity contribution is 0.373. The molecule has 0 saturated heterocycles. The van der Waals surface area contributed by atoms with Gasteiger partial charge in [-0.15, -0.1) is 0 Å². The summed E-state index contributed by atoms with van der Waals surface area (Å²) >= 11 is 12.1. The van der Waals surface area contributed by atoms with Crippen LogP contribution in [0.2, 0.25) is 10.0 Å². The number of ether oxygens (including phenoxy) is 1. The van der Waals surface area contributed by atoms with Gasteiger partial charge in [0.2, 0.25) is 10.0 Å². The van der Waals surface area contributed by atoms with Crippen LogP contribution < -0.4 is 4.74 Å². The van der Waals surface area contributed by atoms with E-state index in [1.807, 2.05) is 0 Å². The maximum atomic E-state index is 12.6. The highest BCUT2D eigenvalue weighted by Crippen LogP contribution is 2.38. The van der Waals surface area contributed by atoms with Crippen LogP contribution in [0, 0.1) is 0 Å². The molecular formula is C13H17Cl2NO3S. The van der Waals surface area contributed by atoms with Crippen LogP contribution in [0.5, 0.6) is 5.75 Å². The molecule has 1 aromatic rings. The van der Waals surface area contributed by atoms with Crippen molar-refractivity contribution in [2.24, 2.45) is 0 Å². The molecule has 20 heavy (non-hydrogen) atoms. The summed E-state index contributed by atoms with van der Waals surface area (Å²) < 4.78 is 31.7. The molecule has 1 saturated carbocycles. The minimum Gasteiger partial charge on any atom is -0.495 e. The van der Waals surface area contributed by atoms with Crippen LogP contribution in [0.25, 0.3) is 0 Å². The van der Waals surface area contributed by atoms with Gasteiger partial charge in [-0.3, -0.25) is 0 Å². The number of hydrogen-bond acceptors (Lipinski definition) is 3. The molecule has 0 heterocycles. The second-order valence-electron chi connectivity index (χ2n) is 4.85. The van der Waals surface area contributed by atoms with E-state index in [9.17, 15) is 8.42 Å². The number of sulfonamides is 1. The Morgan fingerprint density at radius 3 is 2.35 bits per heavy atom. The third-order valence-electron chi connectivity index (χ3n) is 3.73. The molecule has 0 spiro atoms. The van der Waals surface area contributed by atoms with Gasteiger partial charge < -0.3 is 4.74 Å². The van der Waals surface area contributed by atoms with Gasteiger partial charge in [0, 0.05) is 13.1 Å². The molecule has 4 nitrogen and oxygen atoms in total. The van der Waals surface area contributed by atoms with Crippen molar-refractivity contribution in [1.82, 2.24) is 4.31 Å². The zero-order valence-electron chi connectivity index (χ0n) is 11.4. The summed E-state index contributed by atoms with van der Waals surface area (Å²) in [5.41, 5.74) is 0. The molecule has 2 rings (SSSR count). The van der Waals surface area contributed by atoms with Crippen molar-refractivity contribution in [2.75, 3.05) is 14.2 Å². The van der Waals surface area contributed by atoms with E-state index in [1.165, 1.54) is 23.5 Å². The lowest BCUT2D eigenvalue weighted by atomic mass is 10.3. The zero-order valence-corrected chi connectivity index (χ0v) is 13.7. The summed E-state index contributed by atoms with van der Waals surface area (Å²) in [5, 5.41) is 0.130. The van der Waals surface area contributed by atoms with E-state index in [0.29, 0.717) is 5.75 Å². The monoisotopic (exact) mass is 337 g/mol. The van der Waals surface area contributed by atoms with Crippen LogP contribution in [-0.4, -0.2) is 32.9 Å². The summed E-state index contributed by atoms with van der Waals surface area (Å²) in [5.74, 6) is 0.360. The SMILES string of the molecule is COc1ccc(S(=O)(=O)N(C)C2CCCC2)c(Cl)c1Cl. The normalized spacial score (nSPS) is 16.9. The number of halogens is 2. The van der Waals surface area contributed by atoms with Gasteiger partial charge >= 0.3 is 0 Å². The number of benzene rings is 1. The van der Waals surface area contributed by atoms with Crippen LogP contribution in [0.4, 0.5) is 0 Å². The summed E-state index contributed by atoms with van der Waals surface area (Å²) in [4.78, 5) is 0.0272. The highest BCUT2D eigenvalue weighted by atomic mass is 35.5. The van der Waals surface area contributed by atoms with Crippen LogP contribution in [0.3, 0.4) is 0 Å². The Bertz CT molecular complexity index is 598. The predicted octanol–water partition coefficient (Wildman–Crippen LogP) is 3.57. The fraction of sp³-hybridized carbons (Fsp3) is 0.538. The summed E-state index contributed by atoms with van der Waals surface area (Å²) in [6.45, 7) is 0. The molecule has 0 aliphatic heterocycles. The third kappa shape index (κ3) is 2.77. The number of hydrogen-bond donors (Lipinski definition) is 0. The van der Waals surface area contributed by atoms with Crippen LogP contribution in [0.15, 0.2) is 17.0 Å². The second kappa shape index (κ2) is 6.10. The first-order valence-corrected chi connectivity index (χ1v) is 8.59. The fourth-order valence-electron chi connectivity index (χ4n) is 2.49. The van der Waals surface area contributed by atoms with Gasteiger partial charge in [-0.2, -0.15) is 4.31 Å². The molecule has 1 aromatic carbocycles. The van der Waals surface area contributed by atoms with Gasteiger partial charge in [-0.1, -0.05) is 36.0 Å². The van der Waals surface area contributed by atoms with Gasteiger partial charge in [-0.25, -0.2) is 8.42 Å². The Balaban J connectivity index is 2.41. The van der Waals surface area contributed by atoms with Crippen molar-refractivity contribution in [1.29, 1.82) is 0 Å². The minimum absolute atomic E-state index is 0.0101. The molecule has 0 N–H and O–H groups in total. The number of rotatable bonds is 4. The first-order chi connectivity index (χ1) is 9.39. The van der Waals surface area contributed by atoms with E-state index in [2.05, 4.69) is 0 Å². The summed E-state index contributed by atoms with van der Waals surface area (Å²) in [7, 11) is -0.587.